The van der Waals surface area contributed by atoms with Crippen molar-refractivity contribution in [1.82, 2.24) is 0 Å². The maximum atomic E-state index is 11.8. The minimum atomic E-state index is -0.155. The van der Waals surface area contributed by atoms with Crippen molar-refractivity contribution in [2.45, 2.75) is 25.7 Å². The summed E-state index contributed by atoms with van der Waals surface area (Å²) in [7, 11) is 0. The summed E-state index contributed by atoms with van der Waals surface area (Å²) in [5, 5.41) is 3.37. The largest absolute Gasteiger partial charge is 0.371 e. The van der Waals surface area contributed by atoms with Crippen molar-refractivity contribution in [2.75, 3.05) is 25.1 Å². The number of halogens is 1. The van der Waals surface area contributed by atoms with Crippen molar-refractivity contribution < 1.29 is 9.53 Å². The zero-order chi connectivity index (χ0) is 15.1. The van der Waals surface area contributed by atoms with Crippen molar-refractivity contribution in [3.05, 3.63) is 29.3 Å². The molecule has 5 heteroatoms. The molecule has 0 aromatic heterocycles. The van der Waals surface area contributed by atoms with Crippen LogP contribution < -0.4 is 11.1 Å². The van der Waals surface area contributed by atoms with Crippen LogP contribution in [0, 0.1) is 11.8 Å². The molecule has 0 spiro atoms. The highest BCUT2D eigenvalue weighted by molar-refractivity contribution is 6.30. The van der Waals surface area contributed by atoms with Crippen molar-refractivity contribution in [3.63, 3.8) is 0 Å². The van der Waals surface area contributed by atoms with Crippen LogP contribution in [0.25, 0.3) is 0 Å². The van der Waals surface area contributed by atoms with E-state index in [1.54, 1.807) is 24.3 Å². The molecule has 2 rings (SSSR count). The molecule has 1 amide bonds. The van der Waals surface area contributed by atoms with E-state index in [2.05, 4.69) is 5.32 Å². The van der Waals surface area contributed by atoms with Crippen molar-refractivity contribution in [3.8, 4) is 0 Å². The van der Waals surface area contributed by atoms with Gasteiger partial charge in [-0.05, 0) is 49.4 Å². The Balaban J connectivity index is 1.71. The molecule has 1 saturated carbocycles. The maximum absolute atomic E-state index is 11.8. The molecule has 1 fully saturated rings. The molecule has 2 unspecified atom stereocenters. The fourth-order valence-corrected chi connectivity index (χ4v) is 3.07. The van der Waals surface area contributed by atoms with Gasteiger partial charge in [0.05, 0.1) is 6.61 Å². The van der Waals surface area contributed by atoms with Crippen LogP contribution in [-0.2, 0) is 9.53 Å². The Morgan fingerprint density at radius 2 is 2.10 bits per heavy atom. The molecule has 4 nitrogen and oxygen atoms in total. The summed E-state index contributed by atoms with van der Waals surface area (Å²) in [4.78, 5) is 11.8. The topological polar surface area (TPSA) is 64.3 Å². The molecule has 0 bridgehead atoms. The molecule has 3 N–H and O–H groups in total. The minimum Gasteiger partial charge on any atom is -0.371 e. The molecule has 1 aromatic carbocycles. The Hall–Kier alpha value is -1.10. The highest BCUT2D eigenvalue weighted by Gasteiger charge is 2.24. The van der Waals surface area contributed by atoms with E-state index < -0.39 is 0 Å². The normalized spacial score (nSPS) is 22.0. The van der Waals surface area contributed by atoms with E-state index in [-0.39, 0.29) is 12.5 Å². The lowest BCUT2D eigenvalue weighted by Crippen LogP contribution is -2.31. The zero-order valence-electron chi connectivity index (χ0n) is 12.2. The van der Waals surface area contributed by atoms with Crippen molar-refractivity contribution >= 4 is 23.2 Å². The van der Waals surface area contributed by atoms with Crippen molar-refractivity contribution in [2.24, 2.45) is 17.6 Å². The van der Waals surface area contributed by atoms with Crippen LogP contribution in [0.2, 0.25) is 5.02 Å². The third kappa shape index (κ3) is 5.30. The fourth-order valence-electron chi connectivity index (χ4n) is 2.88. The first-order valence-electron chi connectivity index (χ1n) is 7.52. The number of carbonyl (C=O) groups excluding carboxylic acids is 1. The van der Waals surface area contributed by atoms with Gasteiger partial charge in [-0.2, -0.15) is 0 Å². The Kier molecular flexibility index (Phi) is 6.49. The number of hydrogen-bond donors (Lipinski definition) is 2. The fraction of sp³-hybridized carbons (Fsp3) is 0.562. The first-order chi connectivity index (χ1) is 10.2. The Morgan fingerprint density at radius 3 is 2.81 bits per heavy atom. The average molecular weight is 311 g/mol. The summed E-state index contributed by atoms with van der Waals surface area (Å²) < 4.78 is 5.57. The number of hydrogen-bond acceptors (Lipinski definition) is 3. The SMILES string of the molecule is NCC1CCCCC1COCC(=O)Nc1cccc(Cl)c1. The van der Waals surface area contributed by atoms with Crippen LogP contribution in [0.1, 0.15) is 25.7 Å². The van der Waals surface area contributed by atoms with Gasteiger partial charge in [-0.15, -0.1) is 0 Å². The second-order valence-corrected chi connectivity index (χ2v) is 6.05. The Labute approximate surface area is 131 Å². The molecule has 116 valence electrons. The summed E-state index contributed by atoms with van der Waals surface area (Å²) in [6.45, 7) is 1.40. The summed E-state index contributed by atoms with van der Waals surface area (Å²) in [5.41, 5.74) is 6.48. The molecule has 1 aromatic rings. The van der Waals surface area contributed by atoms with Gasteiger partial charge in [0.1, 0.15) is 6.61 Å². The molecule has 0 radical (unpaired) electrons. The van der Waals surface area contributed by atoms with E-state index in [1.807, 2.05) is 0 Å². The predicted molar refractivity (Wildman–Crippen MR) is 85.4 cm³/mol. The van der Waals surface area contributed by atoms with Gasteiger partial charge in [-0.1, -0.05) is 30.5 Å². The summed E-state index contributed by atoms with van der Waals surface area (Å²) in [6.07, 6.45) is 4.82. The zero-order valence-corrected chi connectivity index (χ0v) is 12.9. The molecule has 0 aliphatic heterocycles. The molecule has 0 heterocycles. The number of rotatable bonds is 6. The Morgan fingerprint density at radius 1 is 1.33 bits per heavy atom. The average Bonchev–Trinajstić information content (AvgIpc) is 2.47. The third-order valence-corrected chi connectivity index (χ3v) is 4.28. The van der Waals surface area contributed by atoms with Gasteiger partial charge in [0, 0.05) is 10.7 Å². The van der Waals surface area contributed by atoms with Crippen molar-refractivity contribution in [1.29, 1.82) is 0 Å². The maximum Gasteiger partial charge on any atom is 0.250 e. The second kappa shape index (κ2) is 8.37. The van der Waals surface area contributed by atoms with Gasteiger partial charge in [-0.3, -0.25) is 4.79 Å². The summed E-state index contributed by atoms with van der Waals surface area (Å²) in [5.74, 6) is 0.870. The van der Waals surface area contributed by atoms with Crippen LogP contribution in [0.3, 0.4) is 0 Å². The molecule has 1 aliphatic rings. The highest BCUT2D eigenvalue weighted by Crippen LogP contribution is 2.29. The third-order valence-electron chi connectivity index (χ3n) is 4.04. The van der Waals surface area contributed by atoms with Crippen LogP contribution >= 0.6 is 11.6 Å². The van der Waals surface area contributed by atoms with Gasteiger partial charge in [0.2, 0.25) is 5.91 Å². The van der Waals surface area contributed by atoms with Crippen LogP contribution in [0.4, 0.5) is 5.69 Å². The van der Waals surface area contributed by atoms with Crippen LogP contribution in [-0.4, -0.2) is 25.7 Å². The standard InChI is InChI=1S/C16H23ClN2O2/c17-14-6-3-7-15(8-14)19-16(20)11-21-10-13-5-2-1-4-12(13)9-18/h3,6-8,12-13H,1-2,4-5,9-11,18H2,(H,19,20). The monoisotopic (exact) mass is 310 g/mol. The van der Waals surface area contributed by atoms with Gasteiger partial charge in [-0.25, -0.2) is 0 Å². The minimum absolute atomic E-state index is 0.0697. The van der Waals surface area contributed by atoms with E-state index in [0.717, 1.165) is 6.42 Å². The van der Waals surface area contributed by atoms with Gasteiger partial charge in [0.15, 0.2) is 0 Å². The molecule has 21 heavy (non-hydrogen) atoms. The van der Waals surface area contributed by atoms with E-state index in [1.165, 1.54) is 19.3 Å². The quantitative estimate of drug-likeness (QED) is 0.848. The number of nitrogens with one attached hydrogen (secondary N) is 1. The van der Waals surface area contributed by atoms with E-state index >= 15 is 0 Å². The predicted octanol–water partition coefficient (Wildman–Crippen LogP) is 3.06. The number of ether oxygens (including phenoxy) is 1. The number of carbonyl (C=O) groups is 1. The van der Waals surface area contributed by atoms with Gasteiger partial charge < -0.3 is 15.8 Å². The lowest BCUT2D eigenvalue weighted by Gasteiger charge is -2.30. The first kappa shape index (κ1) is 16.3. The lowest BCUT2D eigenvalue weighted by molar-refractivity contribution is -0.121. The second-order valence-electron chi connectivity index (χ2n) is 5.61. The van der Waals surface area contributed by atoms with Gasteiger partial charge in [0.25, 0.3) is 0 Å². The molecular formula is C16H23ClN2O2. The molecule has 2 atom stereocenters. The molecule has 1 aliphatic carbocycles. The summed E-state index contributed by atoms with van der Waals surface area (Å²) in [6, 6.07) is 7.08. The highest BCUT2D eigenvalue weighted by atomic mass is 35.5. The number of amides is 1. The van der Waals surface area contributed by atoms with E-state index in [9.17, 15) is 4.79 Å². The molecule has 0 saturated heterocycles. The number of anilines is 1. The number of nitrogens with two attached hydrogens (primary N) is 1. The Bertz CT molecular complexity index is 467. The smallest absolute Gasteiger partial charge is 0.250 e. The lowest BCUT2D eigenvalue weighted by atomic mass is 9.80. The first-order valence-corrected chi connectivity index (χ1v) is 7.90. The van der Waals surface area contributed by atoms with Crippen LogP contribution in [0.5, 0.6) is 0 Å². The van der Waals surface area contributed by atoms with Gasteiger partial charge >= 0.3 is 0 Å². The van der Waals surface area contributed by atoms with Crippen LogP contribution in [0.15, 0.2) is 24.3 Å². The van der Waals surface area contributed by atoms with E-state index in [0.29, 0.717) is 35.7 Å². The molecular weight excluding hydrogens is 288 g/mol. The summed E-state index contributed by atoms with van der Waals surface area (Å²) >= 11 is 5.87. The number of benzene rings is 1. The van der Waals surface area contributed by atoms with E-state index in [4.69, 9.17) is 22.1 Å².